The fourth-order valence-corrected chi connectivity index (χ4v) is 2.67. The fourth-order valence-electron chi connectivity index (χ4n) is 1.48. The van der Waals surface area contributed by atoms with E-state index in [4.69, 9.17) is 10.8 Å². The van der Waals surface area contributed by atoms with Crippen molar-refractivity contribution < 1.29 is 9.90 Å². The van der Waals surface area contributed by atoms with E-state index in [-0.39, 0.29) is 18.4 Å². The highest BCUT2D eigenvalue weighted by molar-refractivity contribution is 7.99. The molecule has 0 aliphatic carbocycles. The quantitative estimate of drug-likeness (QED) is 0.550. The van der Waals surface area contributed by atoms with E-state index in [1.807, 2.05) is 11.8 Å². The minimum Gasteiger partial charge on any atom is -0.396 e. The SMILES string of the molecule is CCCCC(CSCCCCCO)C(N)=O. The zero-order valence-electron chi connectivity index (χ0n) is 10.3. The molecule has 0 heterocycles. The average Bonchev–Trinajstić information content (AvgIpc) is 2.26. The monoisotopic (exact) mass is 247 g/mol. The average molecular weight is 247 g/mol. The molecular formula is C12H25NO2S. The molecule has 0 aromatic heterocycles. The van der Waals surface area contributed by atoms with Crippen molar-refractivity contribution in [2.75, 3.05) is 18.1 Å². The van der Waals surface area contributed by atoms with Gasteiger partial charge in [-0.3, -0.25) is 4.79 Å². The number of carbonyl (C=O) groups excluding carboxylic acids is 1. The standard InChI is InChI=1S/C12H25NO2S/c1-2-3-7-11(12(13)15)10-16-9-6-4-5-8-14/h11,14H,2-10H2,1H3,(H2,13,15). The summed E-state index contributed by atoms with van der Waals surface area (Å²) in [6.45, 7) is 2.41. The van der Waals surface area contributed by atoms with Crippen molar-refractivity contribution in [3.05, 3.63) is 0 Å². The van der Waals surface area contributed by atoms with Gasteiger partial charge in [-0.25, -0.2) is 0 Å². The number of aliphatic hydroxyl groups is 1. The number of hydrogen-bond donors (Lipinski definition) is 2. The molecule has 0 radical (unpaired) electrons. The lowest BCUT2D eigenvalue weighted by Crippen LogP contribution is -2.25. The molecule has 1 atom stereocenters. The van der Waals surface area contributed by atoms with E-state index in [0.717, 1.165) is 50.0 Å². The van der Waals surface area contributed by atoms with Gasteiger partial charge in [-0.2, -0.15) is 11.8 Å². The Morgan fingerprint density at radius 1 is 1.31 bits per heavy atom. The van der Waals surface area contributed by atoms with Crippen molar-refractivity contribution in [3.8, 4) is 0 Å². The number of hydrogen-bond acceptors (Lipinski definition) is 3. The van der Waals surface area contributed by atoms with Crippen molar-refractivity contribution in [1.82, 2.24) is 0 Å². The summed E-state index contributed by atoms with van der Waals surface area (Å²) >= 11 is 1.81. The number of aliphatic hydroxyl groups excluding tert-OH is 1. The van der Waals surface area contributed by atoms with E-state index in [9.17, 15) is 4.79 Å². The highest BCUT2D eigenvalue weighted by Gasteiger charge is 2.14. The molecule has 1 amide bonds. The first-order chi connectivity index (χ1) is 7.72. The molecule has 1 unspecified atom stereocenters. The first-order valence-corrected chi connectivity index (χ1v) is 7.35. The normalized spacial score (nSPS) is 12.6. The van der Waals surface area contributed by atoms with Crippen molar-refractivity contribution >= 4 is 17.7 Å². The summed E-state index contributed by atoms with van der Waals surface area (Å²) in [5, 5.41) is 8.61. The lowest BCUT2D eigenvalue weighted by molar-refractivity contribution is -0.121. The molecule has 0 aliphatic rings. The first kappa shape index (κ1) is 15.8. The van der Waals surface area contributed by atoms with Gasteiger partial charge in [0.1, 0.15) is 0 Å². The Labute approximate surface area is 103 Å². The van der Waals surface area contributed by atoms with E-state index >= 15 is 0 Å². The zero-order valence-corrected chi connectivity index (χ0v) is 11.1. The lowest BCUT2D eigenvalue weighted by Gasteiger charge is -2.12. The predicted molar refractivity (Wildman–Crippen MR) is 70.5 cm³/mol. The van der Waals surface area contributed by atoms with Crippen LogP contribution in [0.15, 0.2) is 0 Å². The van der Waals surface area contributed by atoms with Crippen molar-refractivity contribution in [1.29, 1.82) is 0 Å². The predicted octanol–water partition coefficient (Wildman–Crippen LogP) is 2.17. The van der Waals surface area contributed by atoms with Crippen LogP contribution in [-0.4, -0.2) is 29.1 Å². The number of nitrogens with two attached hydrogens (primary N) is 1. The third kappa shape index (κ3) is 9.04. The van der Waals surface area contributed by atoms with Crippen LogP contribution in [0.1, 0.15) is 45.4 Å². The molecule has 0 bridgehead atoms. The topological polar surface area (TPSA) is 63.3 Å². The number of carbonyl (C=O) groups is 1. The number of rotatable bonds is 11. The highest BCUT2D eigenvalue weighted by Crippen LogP contribution is 2.16. The molecule has 3 N–H and O–H groups in total. The summed E-state index contributed by atoms with van der Waals surface area (Å²) in [5.74, 6) is 1.81. The van der Waals surface area contributed by atoms with Crippen LogP contribution in [0, 0.1) is 5.92 Å². The summed E-state index contributed by atoms with van der Waals surface area (Å²) in [6, 6.07) is 0. The molecule has 0 aromatic rings. The highest BCUT2D eigenvalue weighted by atomic mass is 32.2. The van der Waals surface area contributed by atoms with Gasteiger partial charge < -0.3 is 10.8 Å². The molecule has 96 valence electrons. The maximum absolute atomic E-state index is 11.1. The third-order valence-corrected chi connectivity index (χ3v) is 3.79. The van der Waals surface area contributed by atoms with Crippen LogP contribution in [-0.2, 0) is 4.79 Å². The van der Waals surface area contributed by atoms with Crippen LogP contribution in [0.2, 0.25) is 0 Å². The van der Waals surface area contributed by atoms with E-state index in [2.05, 4.69) is 6.92 Å². The molecule has 0 spiro atoms. The van der Waals surface area contributed by atoms with Crippen LogP contribution in [0.4, 0.5) is 0 Å². The molecule has 0 saturated carbocycles. The molecule has 4 heteroatoms. The number of primary amides is 1. The number of amides is 1. The minimum absolute atomic E-state index is 0.0443. The first-order valence-electron chi connectivity index (χ1n) is 6.20. The maximum Gasteiger partial charge on any atom is 0.221 e. The molecule has 0 saturated heterocycles. The molecule has 0 rings (SSSR count). The molecule has 16 heavy (non-hydrogen) atoms. The molecule has 0 aliphatic heterocycles. The minimum atomic E-state index is -0.156. The second kappa shape index (κ2) is 11.3. The zero-order chi connectivity index (χ0) is 12.2. The molecule has 0 fully saturated rings. The molecule has 3 nitrogen and oxygen atoms in total. The van der Waals surface area contributed by atoms with Gasteiger partial charge in [0.25, 0.3) is 0 Å². The summed E-state index contributed by atoms with van der Waals surface area (Å²) in [5.41, 5.74) is 5.35. The van der Waals surface area contributed by atoms with Crippen molar-refractivity contribution in [3.63, 3.8) is 0 Å². The Morgan fingerprint density at radius 3 is 2.62 bits per heavy atom. The van der Waals surface area contributed by atoms with Gasteiger partial charge in [0, 0.05) is 18.3 Å². The van der Waals surface area contributed by atoms with Gasteiger partial charge in [0.05, 0.1) is 0 Å². The van der Waals surface area contributed by atoms with Crippen molar-refractivity contribution in [2.45, 2.75) is 45.4 Å². The lowest BCUT2D eigenvalue weighted by atomic mass is 10.0. The van der Waals surface area contributed by atoms with Crippen LogP contribution in [0.25, 0.3) is 0 Å². The Balaban J connectivity index is 3.48. The summed E-state index contributed by atoms with van der Waals surface area (Å²) in [4.78, 5) is 11.1. The van der Waals surface area contributed by atoms with E-state index in [0.29, 0.717) is 0 Å². The van der Waals surface area contributed by atoms with Gasteiger partial charge >= 0.3 is 0 Å². The van der Waals surface area contributed by atoms with Crippen LogP contribution < -0.4 is 5.73 Å². The Kier molecular flexibility index (Phi) is 11.1. The maximum atomic E-state index is 11.1. The fraction of sp³-hybridized carbons (Fsp3) is 0.917. The molecule has 0 aromatic carbocycles. The summed E-state index contributed by atoms with van der Waals surface area (Å²) in [6.07, 6.45) is 6.19. The largest absolute Gasteiger partial charge is 0.396 e. The van der Waals surface area contributed by atoms with Gasteiger partial charge in [-0.15, -0.1) is 0 Å². The Hall–Kier alpha value is -0.220. The smallest absolute Gasteiger partial charge is 0.221 e. The van der Waals surface area contributed by atoms with E-state index in [1.165, 1.54) is 0 Å². The van der Waals surface area contributed by atoms with E-state index < -0.39 is 0 Å². The molecular weight excluding hydrogens is 222 g/mol. The van der Waals surface area contributed by atoms with E-state index in [1.54, 1.807) is 0 Å². The van der Waals surface area contributed by atoms with Gasteiger partial charge in [-0.1, -0.05) is 26.2 Å². The van der Waals surface area contributed by atoms with Gasteiger partial charge in [0.15, 0.2) is 0 Å². The summed E-state index contributed by atoms with van der Waals surface area (Å²) in [7, 11) is 0. The summed E-state index contributed by atoms with van der Waals surface area (Å²) < 4.78 is 0. The second-order valence-corrected chi connectivity index (χ2v) is 5.25. The Morgan fingerprint density at radius 2 is 2.06 bits per heavy atom. The number of unbranched alkanes of at least 4 members (excludes halogenated alkanes) is 3. The number of thioether (sulfide) groups is 1. The second-order valence-electron chi connectivity index (χ2n) is 4.10. The van der Waals surface area contributed by atoms with Gasteiger partial charge in [-0.05, 0) is 25.0 Å². The van der Waals surface area contributed by atoms with Gasteiger partial charge in [0.2, 0.25) is 5.91 Å². The van der Waals surface area contributed by atoms with Crippen molar-refractivity contribution in [2.24, 2.45) is 11.7 Å². The van der Waals surface area contributed by atoms with Crippen LogP contribution >= 0.6 is 11.8 Å². The van der Waals surface area contributed by atoms with Crippen LogP contribution in [0.5, 0.6) is 0 Å². The third-order valence-electron chi connectivity index (χ3n) is 2.57. The Bertz CT molecular complexity index is 176. The van der Waals surface area contributed by atoms with Crippen LogP contribution in [0.3, 0.4) is 0 Å².